The van der Waals surface area contributed by atoms with E-state index in [1.54, 1.807) is 18.2 Å². The highest BCUT2D eigenvalue weighted by Gasteiger charge is 2.05. The van der Waals surface area contributed by atoms with E-state index in [2.05, 4.69) is 20.3 Å². The van der Waals surface area contributed by atoms with Crippen molar-refractivity contribution in [2.75, 3.05) is 21.6 Å². The predicted molar refractivity (Wildman–Crippen MR) is 86.8 cm³/mol. The molecule has 0 bridgehead atoms. The number of nitrogens with one attached hydrogen (secondary N) is 3. The molecule has 0 saturated heterocycles. The van der Waals surface area contributed by atoms with E-state index in [0.29, 0.717) is 22.2 Å². The quantitative estimate of drug-likeness (QED) is 0.796. The number of amides is 2. The fourth-order valence-electron chi connectivity index (χ4n) is 1.59. The summed E-state index contributed by atoms with van der Waals surface area (Å²) in [6.45, 7) is 0. The minimum absolute atomic E-state index is 0.320. The first-order valence-corrected chi connectivity index (χ1v) is 8.36. The summed E-state index contributed by atoms with van der Waals surface area (Å²) in [6, 6.07) is 8.83. The molecule has 7 nitrogen and oxygen atoms in total. The van der Waals surface area contributed by atoms with E-state index in [1.165, 1.54) is 24.4 Å². The summed E-state index contributed by atoms with van der Waals surface area (Å²) in [6.07, 6.45) is 2.54. The third-order valence-corrected chi connectivity index (χ3v) is 3.25. The van der Waals surface area contributed by atoms with E-state index in [1.807, 2.05) is 0 Å². The maximum absolute atomic E-state index is 11.8. The van der Waals surface area contributed by atoms with Gasteiger partial charge in [-0.2, -0.15) is 0 Å². The van der Waals surface area contributed by atoms with Gasteiger partial charge in [-0.25, -0.2) is 18.2 Å². The zero-order valence-electron chi connectivity index (χ0n) is 11.5. The average Bonchev–Trinajstić information content (AvgIpc) is 2.39. The molecular formula is C13H13ClN4O3S. The Morgan fingerprint density at radius 2 is 1.73 bits per heavy atom. The van der Waals surface area contributed by atoms with Crippen molar-refractivity contribution in [3.8, 4) is 0 Å². The highest BCUT2D eigenvalue weighted by atomic mass is 35.5. The first kappa shape index (κ1) is 16.1. The summed E-state index contributed by atoms with van der Waals surface area (Å²) in [7, 11) is -3.33. The molecule has 2 aromatic rings. The second kappa shape index (κ2) is 6.63. The topological polar surface area (TPSA) is 100 Å². The number of carbonyl (C=O) groups is 1. The molecular weight excluding hydrogens is 328 g/mol. The number of benzene rings is 1. The van der Waals surface area contributed by atoms with E-state index in [9.17, 15) is 13.2 Å². The summed E-state index contributed by atoms with van der Waals surface area (Å²) in [4.78, 5) is 15.7. The SMILES string of the molecule is CS(=O)(=O)Nc1ccc(NC(=O)Nc2cc(Cl)ccn2)cc1. The van der Waals surface area contributed by atoms with Crippen molar-refractivity contribution >= 4 is 44.8 Å². The Hall–Kier alpha value is -2.32. The summed E-state index contributed by atoms with van der Waals surface area (Å²) >= 11 is 5.79. The lowest BCUT2D eigenvalue weighted by atomic mass is 10.3. The number of nitrogens with zero attached hydrogens (tertiary/aromatic N) is 1. The Kier molecular flexibility index (Phi) is 4.84. The molecule has 3 N–H and O–H groups in total. The number of anilines is 3. The maximum atomic E-state index is 11.8. The van der Waals surface area contributed by atoms with Gasteiger partial charge in [0.25, 0.3) is 0 Å². The standard InChI is InChI=1S/C13H13ClN4O3S/c1-22(20,21)18-11-4-2-10(3-5-11)16-13(19)17-12-8-9(14)6-7-15-12/h2-8,18H,1H3,(H2,15,16,17,19). The summed E-state index contributed by atoms with van der Waals surface area (Å²) in [5, 5.41) is 5.58. The number of pyridine rings is 1. The van der Waals surface area contributed by atoms with Crippen LogP contribution in [-0.2, 0) is 10.0 Å². The van der Waals surface area contributed by atoms with Crippen LogP contribution in [0.15, 0.2) is 42.6 Å². The number of sulfonamides is 1. The van der Waals surface area contributed by atoms with Crippen molar-refractivity contribution in [3.05, 3.63) is 47.6 Å². The lowest BCUT2D eigenvalue weighted by Gasteiger charge is -2.08. The predicted octanol–water partition coefficient (Wildman–Crippen LogP) is 2.75. The van der Waals surface area contributed by atoms with Gasteiger partial charge in [-0.15, -0.1) is 0 Å². The molecule has 116 valence electrons. The first-order valence-electron chi connectivity index (χ1n) is 6.09. The molecule has 1 aromatic carbocycles. The molecule has 2 rings (SSSR count). The smallest absolute Gasteiger partial charge is 0.308 e. The molecule has 0 spiro atoms. The molecule has 0 radical (unpaired) electrons. The van der Waals surface area contributed by atoms with Gasteiger partial charge in [0.05, 0.1) is 6.26 Å². The minimum atomic E-state index is -3.33. The molecule has 1 aromatic heterocycles. The molecule has 9 heteroatoms. The van der Waals surface area contributed by atoms with Crippen LogP contribution in [0.2, 0.25) is 5.02 Å². The van der Waals surface area contributed by atoms with Crippen LogP contribution in [-0.4, -0.2) is 25.7 Å². The van der Waals surface area contributed by atoms with Crippen LogP contribution >= 0.6 is 11.6 Å². The largest absolute Gasteiger partial charge is 0.324 e. The molecule has 0 fully saturated rings. The Balaban J connectivity index is 1.97. The van der Waals surface area contributed by atoms with Crippen molar-refractivity contribution in [2.24, 2.45) is 0 Å². The molecule has 0 aliphatic carbocycles. The van der Waals surface area contributed by atoms with E-state index in [4.69, 9.17) is 11.6 Å². The number of hydrogen-bond acceptors (Lipinski definition) is 4. The molecule has 22 heavy (non-hydrogen) atoms. The van der Waals surface area contributed by atoms with Gasteiger partial charge >= 0.3 is 6.03 Å². The lowest BCUT2D eigenvalue weighted by molar-refractivity contribution is 0.262. The Morgan fingerprint density at radius 3 is 2.32 bits per heavy atom. The van der Waals surface area contributed by atoms with Gasteiger partial charge in [0.2, 0.25) is 10.0 Å². The third kappa shape index (κ3) is 5.23. The van der Waals surface area contributed by atoms with Crippen LogP contribution in [0.1, 0.15) is 0 Å². The molecule has 2 amide bonds. The summed E-state index contributed by atoms with van der Waals surface area (Å²) in [5.41, 5.74) is 0.906. The second-order valence-corrected chi connectivity index (χ2v) is 6.57. The first-order chi connectivity index (χ1) is 10.3. The van der Waals surface area contributed by atoms with Crippen LogP contribution in [0.25, 0.3) is 0 Å². The molecule has 0 unspecified atom stereocenters. The van der Waals surface area contributed by atoms with Crippen molar-refractivity contribution in [1.29, 1.82) is 0 Å². The molecule has 0 saturated carbocycles. The van der Waals surface area contributed by atoms with Crippen LogP contribution < -0.4 is 15.4 Å². The monoisotopic (exact) mass is 340 g/mol. The van der Waals surface area contributed by atoms with Crippen LogP contribution in [0.3, 0.4) is 0 Å². The lowest BCUT2D eigenvalue weighted by Crippen LogP contribution is -2.20. The second-order valence-electron chi connectivity index (χ2n) is 4.39. The number of aromatic nitrogens is 1. The molecule has 0 aliphatic rings. The van der Waals surface area contributed by atoms with Gasteiger partial charge in [0.1, 0.15) is 5.82 Å². The van der Waals surface area contributed by atoms with E-state index < -0.39 is 16.1 Å². The van der Waals surface area contributed by atoms with E-state index in [0.717, 1.165) is 6.26 Å². The zero-order valence-corrected chi connectivity index (χ0v) is 13.1. The van der Waals surface area contributed by atoms with Crippen molar-refractivity contribution in [2.45, 2.75) is 0 Å². The Labute approximate surface area is 132 Å². The van der Waals surface area contributed by atoms with E-state index in [-0.39, 0.29) is 0 Å². The number of urea groups is 1. The van der Waals surface area contributed by atoms with Gasteiger partial charge in [-0.1, -0.05) is 11.6 Å². The normalized spacial score (nSPS) is 10.8. The molecule has 0 aliphatic heterocycles. The average molecular weight is 341 g/mol. The van der Waals surface area contributed by atoms with Gasteiger partial charge in [-0.3, -0.25) is 10.0 Å². The van der Waals surface area contributed by atoms with Crippen molar-refractivity contribution in [3.63, 3.8) is 0 Å². The Morgan fingerprint density at radius 1 is 1.09 bits per heavy atom. The highest BCUT2D eigenvalue weighted by molar-refractivity contribution is 7.92. The molecule has 0 atom stereocenters. The fourth-order valence-corrected chi connectivity index (χ4v) is 2.31. The fraction of sp³-hybridized carbons (Fsp3) is 0.0769. The Bertz CT molecular complexity index is 778. The van der Waals surface area contributed by atoms with Crippen LogP contribution in [0.5, 0.6) is 0 Å². The van der Waals surface area contributed by atoms with Crippen LogP contribution in [0, 0.1) is 0 Å². The maximum Gasteiger partial charge on any atom is 0.324 e. The van der Waals surface area contributed by atoms with Crippen molar-refractivity contribution < 1.29 is 13.2 Å². The highest BCUT2D eigenvalue weighted by Crippen LogP contribution is 2.15. The number of hydrogen-bond donors (Lipinski definition) is 3. The van der Waals surface area contributed by atoms with Gasteiger partial charge < -0.3 is 5.32 Å². The summed E-state index contributed by atoms with van der Waals surface area (Å²) in [5.74, 6) is 0.320. The third-order valence-electron chi connectivity index (χ3n) is 2.41. The van der Waals surface area contributed by atoms with Gasteiger partial charge in [0, 0.05) is 22.6 Å². The number of rotatable bonds is 4. The van der Waals surface area contributed by atoms with Gasteiger partial charge in [-0.05, 0) is 36.4 Å². The minimum Gasteiger partial charge on any atom is -0.308 e. The van der Waals surface area contributed by atoms with E-state index >= 15 is 0 Å². The van der Waals surface area contributed by atoms with Crippen molar-refractivity contribution in [1.82, 2.24) is 4.98 Å². The van der Waals surface area contributed by atoms with Gasteiger partial charge in [0.15, 0.2) is 0 Å². The van der Waals surface area contributed by atoms with Crippen LogP contribution in [0.4, 0.5) is 22.0 Å². The summed E-state index contributed by atoms with van der Waals surface area (Å²) < 4.78 is 24.5. The number of halogens is 1. The zero-order chi connectivity index (χ0) is 16.2. The number of carbonyl (C=O) groups excluding carboxylic acids is 1. The molecule has 1 heterocycles.